The molecule has 1 aliphatic carbocycles. The maximum atomic E-state index is 2.47. The topological polar surface area (TPSA) is 0 Å². The summed E-state index contributed by atoms with van der Waals surface area (Å²) in [5.74, 6) is 0. The Morgan fingerprint density at radius 2 is 1.75 bits per heavy atom. The van der Waals surface area contributed by atoms with Crippen LogP contribution in [0.2, 0.25) is 12.1 Å². The number of aryl methyl sites for hydroxylation is 1. The summed E-state index contributed by atoms with van der Waals surface area (Å²) in [6.45, 7) is 9.45. The van der Waals surface area contributed by atoms with E-state index >= 15 is 0 Å². The van der Waals surface area contributed by atoms with Gasteiger partial charge in [0.1, 0.15) is 8.07 Å². The Balaban J connectivity index is 0.000000934. The zero-order valence-corrected chi connectivity index (χ0v) is 21.0. The number of hydrogen-bond donors (Lipinski definition) is 0. The van der Waals surface area contributed by atoms with E-state index in [2.05, 4.69) is 70.2 Å². The molecule has 0 saturated heterocycles. The predicted molar refractivity (Wildman–Crippen MR) is 114 cm³/mol. The zero-order chi connectivity index (χ0) is 17.3. The van der Waals surface area contributed by atoms with Crippen molar-refractivity contribution in [3.05, 3.63) is 59.2 Å². The zero-order valence-electron chi connectivity index (χ0n) is 16.9. The molecule has 0 atom stereocenters. The maximum Gasteiger partial charge on any atom is 3.00 e. The van der Waals surface area contributed by atoms with Crippen molar-refractivity contribution in [2.75, 3.05) is 0 Å². The molecule has 28 heavy (non-hydrogen) atoms. The minimum Gasteiger partial charge on any atom is -1.00 e. The fraction of sp³-hybridized carbons (Fsp3) is 0.292. The average molecular weight is 460 g/mol. The van der Waals surface area contributed by atoms with E-state index in [-0.39, 0.29) is 46.5 Å². The standard InChI is InChI=1S/C24H25Si.2ClH.Ti/c1-5-25(6-2)23-16(4)21(17-9-7-8-10-17)20-14-18-13-15(3)11-12-19(18)22(20)24(23)25;;;/h7-9,11-14H,5-6,10H2,1-4H3;2*1H;/q-1;;;+3/p-2. The van der Waals surface area contributed by atoms with Crippen molar-refractivity contribution >= 4 is 45.6 Å². The number of allylic oxidation sites excluding steroid dienone is 4. The molecule has 0 N–H and O–H groups in total. The van der Waals surface area contributed by atoms with Gasteiger partial charge in [0.25, 0.3) is 0 Å². The van der Waals surface area contributed by atoms with Crippen LogP contribution in [0.1, 0.15) is 37.0 Å². The van der Waals surface area contributed by atoms with Crippen LogP contribution in [0.25, 0.3) is 27.1 Å². The minimum atomic E-state index is -1.37. The van der Waals surface area contributed by atoms with E-state index in [0.29, 0.717) is 0 Å². The van der Waals surface area contributed by atoms with Crippen LogP contribution in [0.5, 0.6) is 0 Å². The monoisotopic (exact) mass is 459 g/mol. The predicted octanol–water partition coefficient (Wildman–Crippen LogP) is -0.406. The molecule has 0 nitrogen and oxygen atoms in total. The second kappa shape index (κ2) is 8.20. The Kier molecular flexibility index (Phi) is 6.91. The summed E-state index contributed by atoms with van der Waals surface area (Å²) in [6.07, 6.45) is 7.94. The summed E-state index contributed by atoms with van der Waals surface area (Å²) in [5.41, 5.74) is 6.02. The van der Waals surface area contributed by atoms with Crippen molar-refractivity contribution in [2.24, 2.45) is 0 Å². The first kappa shape index (κ1) is 23.6. The molecule has 5 rings (SSSR count). The number of halogens is 2. The maximum absolute atomic E-state index is 2.47. The Labute approximate surface area is 196 Å². The summed E-state index contributed by atoms with van der Waals surface area (Å²) in [7, 11) is -1.37. The van der Waals surface area contributed by atoms with Crippen LogP contribution in [0.15, 0.2) is 42.5 Å². The van der Waals surface area contributed by atoms with Gasteiger partial charge < -0.3 is 24.8 Å². The van der Waals surface area contributed by atoms with E-state index in [1.807, 2.05) is 0 Å². The molecule has 3 aromatic rings. The Morgan fingerprint density at radius 1 is 1.04 bits per heavy atom. The van der Waals surface area contributed by atoms with Crippen molar-refractivity contribution in [1.29, 1.82) is 0 Å². The molecule has 4 heteroatoms. The van der Waals surface area contributed by atoms with Crippen molar-refractivity contribution < 1.29 is 46.5 Å². The van der Waals surface area contributed by atoms with E-state index in [4.69, 9.17) is 0 Å². The fourth-order valence-electron chi connectivity index (χ4n) is 5.47. The van der Waals surface area contributed by atoms with E-state index in [0.717, 1.165) is 6.42 Å². The molecule has 2 aliphatic rings. The first-order valence-electron chi connectivity index (χ1n) is 9.65. The number of hydrogen-bond acceptors (Lipinski definition) is 0. The molecular formula is C24H25Cl2SiTi. The number of benzene rings is 2. The average Bonchev–Trinajstić information content (AvgIpc) is 2.91. The molecule has 0 aromatic heterocycles. The largest absolute Gasteiger partial charge is 3.00 e. The molecule has 0 fully saturated rings. The van der Waals surface area contributed by atoms with Gasteiger partial charge in [-0.05, 0) is 20.3 Å². The fourth-order valence-corrected chi connectivity index (χ4v) is 10.5. The van der Waals surface area contributed by atoms with Gasteiger partial charge in [-0.2, -0.15) is 0 Å². The van der Waals surface area contributed by atoms with Crippen LogP contribution in [0, 0.1) is 13.8 Å². The van der Waals surface area contributed by atoms with Gasteiger partial charge in [0, 0.05) is 0 Å². The van der Waals surface area contributed by atoms with Gasteiger partial charge in [-0.15, -0.1) is 33.7 Å². The van der Waals surface area contributed by atoms with Gasteiger partial charge in [0.15, 0.2) is 0 Å². The van der Waals surface area contributed by atoms with E-state index in [1.165, 1.54) is 39.4 Å². The van der Waals surface area contributed by atoms with Gasteiger partial charge in [-0.3, -0.25) is 0 Å². The van der Waals surface area contributed by atoms with E-state index in [9.17, 15) is 0 Å². The Morgan fingerprint density at radius 3 is 2.36 bits per heavy atom. The Hall–Kier alpha value is -0.699. The number of rotatable bonds is 3. The van der Waals surface area contributed by atoms with E-state index < -0.39 is 8.07 Å². The molecule has 3 aromatic carbocycles. The third-order valence-electron chi connectivity index (χ3n) is 6.76. The SMILES string of the molecule is CC[Si]1(CC)c2c(C)c(C3=CC=CC3)c3[cH-]c4cc(C)ccc4c3c21.[Cl-].[Cl-].[Ti+3]. The van der Waals surface area contributed by atoms with Crippen LogP contribution in [-0.2, 0) is 21.7 Å². The van der Waals surface area contributed by atoms with Crippen LogP contribution in [-0.4, -0.2) is 8.07 Å². The third kappa shape index (κ3) is 2.94. The van der Waals surface area contributed by atoms with Gasteiger partial charge >= 0.3 is 21.7 Å². The molecule has 1 heterocycles. The van der Waals surface area contributed by atoms with Crippen LogP contribution < -0.4 is 35.2 Å². The molecule has 1 radical (unpaired) electrons. The summed E-state index contributed by atoms with van der Waals surface area (Å²) >= 11 is 0. The van der Waals surface area contributed by atoms with Gasteiger partial charge in [0.2, 0.25) is 0 Å². The van der Waals surface area contributed by atoms with Crippen molar-refractivity contribution in [2.45, 2.75) is 46.2 Å². The molecule has 0 saturated carbocycles. The van der Waals surface area contributed by atoms with Gasteiger partial charge in [-0.1, -0.05) is 88.9 Å². The molecule has 0 spiro atoms. The molecule has 143 valence electrons. The van der Waals surface area contributed by atoms with Crippen molar-refractivity contribution in [3.8, 4) is 0 Å². The number of fused-ring (bicyclic) bond motifs is 5. The van der Waals surface area contributed by atoms with Crippen molar-refractivity contribution in [3.63, 3.8) is 0 Å². The van der Waals surface area contributed by atoms with Gasteiger partial charge in [-0.25, -0.2) is 0 Å². The smallest absolute Gasteiger partial charge is 1.00 e. The van der Waals surface area contributed by atoms with E-state index in [1.54, 1.807) is 26.9 Å². The first-order chi connectivity index (χ1) is 12.1. The molecule has 0 amide bonds. The summed E-state index contributed by atoms with van der Waals surface area (Å²) in [6, 6.07) is 12.2. The third-order valence-corrected chi connectivity index (χ3v) is 12.0. The summed E-state index contributed by atoms with van der Waals surface area (Å²) in [4.78, 5) is 0. The summed E-state index contributed by atoms with van der Waals surface area (Å²) < 4.78 is 0. The Bertz CT molecular complexity index is 1120. The molecule has 0 bridgehead atoms. The normalized spacial score (nSPS) is 15.5. The van der Waals surface area contributed by atoms with Crippen molar-refractivity contribution in [1.82, 2.24) is 0 Å². The quantitative estimate of drug-likeness (QED) is 0.369. The first-order valence-corrected chi connectivity index (χ1v) is 12.1. The molecule has 0 unspecified atom stereocenters. The summed E-state index contributed by atoms with van der Waals surface area (Å²) in [5, 5.41) is 9.62. The van der Waals surface area contributed by atoms with Crippen LogP contribution in [0.3, 0.4) is 0 Å². The van der Waals surface area contributed by atoms with Crippen LogP contribution >= 0.6 is 0 Å². The van der Waals surface area contributed by atoms with Gasteiger partial charge in [0.05, 0.1) is 0 Å². The second-order valence-electron chi connectivity index (χ2n) is 7.89. The minimum absolute atomic E-state index is 0. The molecular weight excluding hydrogens is 435 g/mol. The molecule has 1 aliphatic heterocycles. The second-order valence-corrected chi connectivity index (χ2v) is 12.5. The van der Waals surface area contributed by atoms with Crippen LogP contribution in [0.4, 0.5) is 0 Å².